The van der Waals surface area contributed by atoms with Crippen molar-refractivity contribution in [3.8, 4) is 18.1 Å². The summed E-state index contributed by atoms with van der Waals surface area (Å²) in [5.74, 6) is 2.79. The number of ether oxygens (including phenoxy) is 1. The van der Waals surface area contributed by atoms with Crippen LogP contribution in [0.5, 0.6) is 5.75 Å². The molecule has 0 saturated carbocycles. The van der Waals surface area contributed by atoms with Crippen LogP contribution in [-0.4, -0.2) is 30.2 Å². The maximum atomic E-state index is 13.2. The van der Waals surface area contributed by atoms with Gasteiger partial charge in [0.05, 0.1) is 0 Å². The number of hydrogen-bond donors (Lipinski definition) is 1. The van der Waals surface area contributed by atoms with Gasteiger partial charge in [-0.05, 0) is 47.9 Å². The Morgan fingerprint density at radius 2 is 2.00 bits per heavy atom. The van der Waals surface area contributed by atoms with Crippen molar-refractivity contribution in [2.45, 2.75) is 25.7 Å². The summed E-state index contributed by atoms with van der Waals surface area (Å²) < 4.78 is 18.4. The first kappa shape index (κ1) is 18.5. The zero-order chi connectivity index (χ0) is 19.8. The lowest BCUT2D eigenvalue weighted by Crippen LogP contribution is -2.41. The molecule has 1 aliphatic rings. The Kier molecular flexibility index (Phi) is 4.63. The summed E-state index contributed by atoms with van der Waals surface area (Å²) in [5, 5.41) is 0. The largest absolute Gasteiger partial charge is 0.460 e. The molecule has 27 heavy (non-hydrogen) atoms. The van der Waals surface area contributed by atoms with E-state index in [-0.39, 0.29) is 11.9 Å². The average molecular weight is 365 g/mol. The molecule has 2 atom stereocenters. The highest BCUT2D eigenvalue weighted by Crippen LogP contribution is 2.40. The van der Waals surface area contributed by atoms with Gasteiger partial charge in [0.15, 0.2) is 11.5 Å². The van der Waals surface area contributed by atoms with E-state index in [1.54, 1.807) is 56.4 Å². The summed E-state index contributed by atoms with van der Waals surface area (Å²) in [4.78, 5) is 19.0. The molecule has 0 saturated heterocycles. The highest BCUT2D eigenvalue weighted by Gasteiger charge is 2.49. The molecule has 3 rings (SSSR count). The van der Waals surface area contributed by atoms with E-state index in [1.165, 1.54) is 11.8 Å². The first-order valence-electron chi connectivity index (χ1n) is 8.42. The molecule has 6 heteroatoms. The Labute approximate surface area is 157 Å². The van der Waals surface area contributed by atoms with Crippen LogP contribution in [0, 0.1) is 19.3 Å². The van der Waals surface area contributed by atoms with Crippen molar-refractivity contribution >= 4 is 11.9 Å². The van der Waals surface area contributed by atoms with Gasteiger partial charge in [0.2, 0.25) is 6.36 Å². The van der Waals surface area contributed by atoms with E-state index >= 15 is 0 Å². The van der Waals surface area contributed by atoms with Gasteiger partial charge in [-0.15, -0.1) is 6.42 Å². The number of benzene rings is 2. The summed E-state index contributed by atoms with van der Waals surface area (Å²) in [5.41, 5.74) is 7.14. The van der Waals surface area contributed by atoms with Gasteiger partial charge in [0.25, 0.3) is 5.91 Å². The van der Waals surface area contributed by atoms with Crippen molar-refractivity contribution < 1.29 is 13.9 Å². The smallest absolute Gasteiger partial charge is 0.266 e. The van der Waals surface area contributed by atoms with Crippen LogP contribution in [0.15, 0.2) is 47.5 Å². The van der Waals surface area contributed by atoms with Gasteiger partial charge in [-0.25, -0.2) is 9.38 Å². The Morgan fingerprint density at radius 3 is 2.56 bits per heavy atom. The van der Waals surface area contributed by atoms with Gasteiger partial charge in [0, 0.05) is 19.5 Å². The standard InChI is InChI=1S/C21H20FN3O2/c1-5-15-7-6-8-16(12-15)21(19(26)25(4)20(23)24-21)17-9-10-18(13(2)11-17)27-14(3)22/h1,6-12,14H,2-4H3,(H2,23,24). The number of guanidine groups is 1. The van der Waals surface area contributed by atoms with Gasteiger partial charge in [-0.1, -0.05) is 24.1 Å². The summed E-state index contributed by atoms with van der Waals surface area (Å²) in [7, 11) is 1.57. The van der Waals surface area contributed by atoms with Crippen molar-refractivity contribution in [3.63, 3.8) is 0 Å². The van der Waals surface area contributed by atoms with Crippen LogP contribution >= 0.6 is 0 Å². The Balaban J connectivity index is 2.22. The van der Waals surface area contributed by atoms with Crippen molar-refractivity contribution in [1.82, 2.24) is 4.90 Å². The Bertz CT molecular complexity index is 978. The molecule has 138 valence electrons. The molecule has 1 aliphatic heterocycles. The van der Waals surface area contributed by atoms with Crippen LogP contribution in [0.4, 0.5) is 4.39 Å². The molecule has 2 N–H and O–H groups in total. The number of amides is 1. The first-order valence-corrected chi connectivity index (χ1v) is 8.42. The average Bonchev–Trinajstić information content (AvgIpc) is 2.88. The summed E-state index contributed by atoms with van der Waals surface area (Å²) in [6.45, 7) is 3.09. The van der Waals surface area contributed by atoms with Crippen LogP contribution in [0.3, 0.4) is 0 Å². The molecule has 2 aromatic carbocycles. The number of carbonyl (C=O) groups is 1. The zero-order valence-corrected chi connectivity index (χ0v) is 15.4. The number of likely N-dealkylation sites (N-methyl/N-ethyl adjacent to an activating group) is 1. The minimum absolute atomic E-state index is 0.112. The fourth-order valence-corrected chi connectivity index (χ4v) is 3.20. The van der Waals surface area contributed by atoms with Crippen molar-refractivity contribution in [2.75, 3.05) is 7.05 Å². The van der Waals surface area contributed by atoms with Gasteiger partial charge in [-0.2, -0.15) is 0 Å². The van der Waals surface area contributed by atoms with Crippen molar-refractivity contribution in [3.05, 3.63) is 64.7 Å². The second kappa shape index (κ2) is 6.76. The van der Waals surface area contributed by atoms with E-state index in [1.807, 2.05) is 0 Å². The minimum atomic E-state index is -1.44. The molecule has 1 amide bonds. The molecule has 2 unspecified atom stereocenters. The van der Waals surface area contributed by atoms with Gasteiger partial charge >= 0.3 is 0 Å². The lowest BCUT2D eigenvalue weighted by Gasteiger charge is -2.27. The lowest BCUT2D eigenvalue weighted by molar-refractivity contribution is -0.129. The third-order valence-electron chi connectivity index (χ3n) is 4.57. The van der Waals surface area contributed by atoms with E-state index < -0.39 is 11.9 Å². The van der Waals surface area contributed by atoms with Gasteiger partial charge in [0.1, 0.15) is 5.75 Å². The summed E-state index contributed by atoms with van der Waals surface area (Å²) in [6.07, 6.45) is 4.08. The third kappa shape index (κ3) is 3.02. The number of rotatable bonds is 4. The second-order valence-electron chi connectivity index (χ2n) is 6.41. The predicted molar refractivity (Wildman–Crippen MR) is 102 cm³/mol. The normalized spacial score (nSPS) is 20.2. The van der Waals surface area contributed by atoms with Crippen molar-refractivity contribution in [2.24, 2.45) is 10.7 Å². The molecular weight excluding hydrogens is 345 g/mol. The fraction of sp³-hybridized carbons (Fsp3) is 0.238. The summed E-state index contributed by atoms with van der Waals surface area (Å²) >= 11 is 0. The third-order valence-corrected chi connectivity index (χ3v) is 4.57. The van der Waals surface area contributed by atoms with Crippen LogP contribution in [0.25, 0.3) is 0 Å². The van der Waals surface area contributed by atoms with E-state index in [0.717, 1.165) is 0 Å². The molecule has 0 aliphatic carbocycles. The van der Waals surface area contributed by atoms with Crippen LogP contribution in [0.2, 0.25) is 0 Å². The topological polar surface area (TPSA) is 67.9 Å². The molecule has 0 spiro atoms. The van der Waals surface area contributed by atoms with Crippen LogP contribution < -0.4 is 10.5 Å². The molecule has 2 aromatic rings. The molecule has 5 nitrogen and oxygen atoms in total. The highest BCUT2D eigenvalue weighted by molar-refractivity contribution is 6.09. The second-order valence-corrected chi connectivity index (χ2v) is 6.41. The van der Waals surface area contributed by atoms with Crippen LogP contribution in [0.1, 0.15) is 29.2 Å². The van der Waals surface area contributed by atoms with Crippen LogP contribution in [-0.2, 0) is 10.3 Å². The number of hydrogen-bond acceptors (Lipinski definition) is 4. The highest BCUT2D eigenvalue weighted by atomic mass is 19.1. The maximum absolute atomic E-state index is 13.2. The minimum Gasteiger partial charge on any atom is -0.460 e. The molecule has 0 aromatic heterocycles. The predicted octanol–water partition coefficient (Wildman–Crippen LogP) is 2.70. The molecular formula is C21H20FN3O2. The Morgan fingerprint density at radius 1 is 1.30 bits per heavy atom. The molecule has 0 bridgehead atoms. The number of aryl methyl sites for hydroxylation is 1. The number of carbonyl (C=O) groups excluding carboxylic acids is 1. The number of alkyl halides is 1. The van der Waals surface area contributed by atoms with E-state index in [9.17, 15) is 9.18 Å². The number of terminal acetylenes is 1. The quantitative estimate of drug-likeness (QED) is 0.847. The zero-order valence-electron chi connectivity index (χ0n) is 15.4. The number of nitrogens with zero attached hydrogens (tertiary/aromatic N) is 2. The van der Waals surface area contributed by atoms with Crippen molar-refractivity contribution in [1.29, 1.82) is 0 Å². The lowest BCUT2D eigenvalue weighted by atomic mass is 9.81. The Hall–Kier alpha value is -3.33. The fourth-order valence-electron chi connectivity index (χ4n) is 3.20. The van der Waals surface area contributed by atoms with Gasteiger partial charge < -0.3 is 10.5 Å². The SMILES string of the molecule is C#Cc1cccc(C2(c3ccc(OC(C)F)c(C)c3)N=C(N)N(C)C2=O)c1. The number of halogens is 1. The van der Waals surface area contributed by atoms with E-state index in [0.29, 0.717) is 28.0 Å². The van der Waals surface area contributed by atoms with E-state index in [2.05, 4.69) is 10.9 Å². The molecule has 0 radical (unpaired) electrons. The van der Waals surface area contributed by atoms with Gasteiger partial charge in [-0.3, -0.25) is 9.69 Å². The number of aliphatic imine (C=N–C) groups is 1. The monoisotopic (exact) mass is 365 g/mol. The first-order chi connectivity index (χ1) is 12.8. The molecule has 1 heterocycles. The number of nitrogens with two attached hydrogens (primary N) is 1. The summed E-state index contributed by atoms with van der Waals surface area (Å²) in [6, 6.07) is 12.2. The maximum Gasteiger partial charge on any atom is 0.266 e. The van der Waals surface area contributed by atoms with E-state index in [4.69, 9.17) is 16.9 Å². The molecule has 0 fully saturated rings.